The summed E-state index contributed by atoms with van der Waals surface area (Å²) < 4.78 is 36.0. The van der Waals surface area contributed by atoms with Gasteiger partial charge in [0.1, 0.15) is 5.76 Å². The number of nitrogens with one attached hydrogen (secondary N) is 1. The standard InChI is InChI=1S/C14H24N2O4S/c1-4-13-11(7-8-19-13)9-15-10-12-5-6-14(20-12)21(17,18)16(2)3/h5-6,11,13,15H,4,7-10H2,1-3H3. The van der Waals surface area contributed by atoms with Crippen molar-refractivity contribution >= 4 is 10.0 Å². The molecular formula is C14H24N2O4S. The SMILES string of the molecule is CCC1OCCC1CNCc1ccc(S(=O)(=O)N(C)C)o1. The first-order valence-corrected chi connectivity index (χ1v) is 8.72. The third-order valence-electron chi connectivity index (χ3n) is 3.83. The molecule has 2 atom stereocenters. The Balaban J connectivity index is 1.86. The van der Waals surface area contributed by atoms with Gasteiger partial charge < -0.3 is 14.5 Å². The highest BCUT2D eigenvalue weighted by molar-refractivity contribution is 7.88. The molecule has 0 aromatic carbocycles. The largest absolute Gasteiger partial charge is 0.447 e. The van der Waals surface area contributed by atoms with Gasteiger partial charge in [-0.25, -0.2) is 12.7 Å². The Kier molecular flexibility index (Phi) is 5.43. The van der Waals surface area contributed by atoms with Crippen molar-refractivity contribution in [3.8, 4) is 0 Å². The zero-order chi connectivity index (χ0) is 15.5. The number of furan rings is 1. The molecule has 0 aliphatic carbocycles. The van der Waals surface area contributed by atoms with Crippen molar-refractivity contribution in [2.24, 2.45) is 5.92 Å². The zero-order valence-electron chi connectivity index (χ0n) is 12.8. The van der Waals surface area contributed by atoms with Gasteiger partial charge in [0.2, 0.25) is 5.09 Å². The molecule has 1 aliphatic rings. The molecule has 0 spiro atoms. The Hall–Kier alpha value is -0.890. The zero-order valence-corrected chi connectivity index (χ0v) is 13.6. The van der Waals surface area contributed by atoms with E-state index in [1.165, 1.54) is 20.2 Å². The van der Waals surface area contributed by atoms with E-state index < -0.39 is 10.0 Å². The molecule has 2 unspecified atom stereocenters. The van der Waals surface area contributed by atoms with E-state index in [0.29, 0.717) is 24.3 Å². The van der Waals surface area contributed by atoms with Crippen molar-refractivity contribution < 1.29 is 17.6 Å². The molecule has 0 amide bonds. The quantitative estimate of drug-likeness (QED) is 0.824. The van der Waals surface area contributed by atoms with E-state index in [1.54, 1.807) is 6.07 Å². The lowest BCUT2D eigenvalue weighted by molar-refractivity contribution is 0.0871. The van der Waals surface area contributed by atoms with E-state index in [2.05, 4.69) is 12.2 Å². The van der Waals surface area contributed by atoms with Crippen LogP contribution in [0.1, 0.15) is 25.5 Å². The van der Waals surface area contributed by atoms with Crippen molar-refractivity contribution in [2.45, 2.75) is 37.5 Å². The summed E-state index contributed by atoms with van der Waals surface area (Å²) in [5.74, 6) is 1.15. The van der Waals surface area contributed by atoms with Gasteiger partial charge in [0.15, 0.2) is 0 Å². The van der Waals surface area contributed by atoms with E-state index in [0.717, 1.165) is 30.3 Å². The van der Waals surface area contributed by atoms with Crippen LogP contribution in [-0.4, -0.2) is 46.1 Å². The molecule has 0 bridgehead atoms. The smallest absolute Gasteiger partial charge is 0.275 e. The van der Waals surface area contributed by atoms with Crippen LogP contribution in [0.15, 0.2) is 21.6 Å². The highest BCUT2D eigenvalue weighted by atomic mass is 32.2. The fraction of sp³-hybridized carbons (Fsp3) is 0.714. The van der Waals surface area contributed by atoms with Crippen molar-refractivity contribution in [3.05, 3.63) is 17.9 Å². The Bertz CT molecular complexity index is 553. The normalized spacial score (nSPS) is 23.0. The van der Waals surface area contributed by atoms with Gasteiger partial charge in [-0.05, 0) is 30.9 Å². The number of hydrogen-bond acceptors (Lipinski definition) is 5. The molecule has 1 aromatic rings. The van der Waals surface area contributed by atoms with Crippen molar-refractivity contribution in [2.75, 3.05) is 27.2 Å². The van der Waals surface area contributed by atoms with Gasteiger partial charge in [0.05, 0.1) is 12.6 Å². The van der Waals surface area contributed by atoms with Crippen molar-refractivity contribution in [3.63, 3.8) is 0 Å². The second kappa shape index (κ2) is 6.91. The van der Waals surface area contributed by atoms with Gasteiger partial charge in [-0.2, -0.15) is 0 Å². The molecule has 6 nitrogen and oxygen atoms in total. The third-order valence-corrected chi connectivity index (χ3v) is 5.52. The molecule has 2 rings (SSSR count). The summed E-state index contributed by atoms with van der Waals surface area (Å²) in [6.45, 7) is 4.34. The van der Waals surface area contributed by atoms with Gasteiger partial charge in [0.25, 0.3) is 10.0 Å². The second-order valence-electron chi connectivity index (χ2n) is 5.51. The summed E-state index contributed by atoms with van der Waals surface area (Å²) in [6.07, 6.45) is 2.43. The molecule has 21 heavy (non-hydrogen) atoms. The van der Waals surface area contributed by atoms with Crippen LogP contribution >= 0.6 is 0 Å². The lowest BCUT2D eigenvalue weighted by Crippen LogP contribution is -2.27. The van der Waals surface area contributed by atoms with Crippen LogP contribution in [0.2, 0.25) is 0 Å². The van der Waals surface area contributed by atoms with Gasteiger partial charge in [-0.3, -0.25) is 0 Å². The number of hydrogen-bond donors (Lipinski definition) is 1. The second-order valence-corrected chi connectivity index (χ2v) is 7.59. The molecule has 1 saturated heterocycles. The maximum absolute atomic E-state index is 11.9. The maximum Gasteiger partial charge on any atom is 0.275 e. The van der Waals surface area contributed by atoms with E-state index >= 15 is 0 Å². The summed E-state index contributed by atoms with van der Waals surface area (Å²) in [5, 5.41) is 3.31. The predicted octanol–water partition coefficient (Wildman–Crippen LogP) is 1.43. The summed E-state index contributed by atoms with van der Waals surface area (Å²) in [6, 6.07) is 3.20. The van der Waals surface area contributed by atoms with Gasteiger partial charge >= 0.3 is 0 Å². The van der Waals surface area contributed by atoms with Gasteiger partial charge in [0, 0.05) is 27.2 Å². The van der Waals surface area contributed by atoms with E-state index in [-0.39, 0.29) is 5.09 Å². The first kappa shape index (κ1) is 16.5. The Morgan fingerprint density at radius 1 is 1.38 bits per heavy atom. The first-order valence-electron chi connectivity index (χ1n) is 7.28. The van der Waals surface area contributed by atoms with Crippen LogP contribution in [0.4, 0.5) is 0 Å². The van der Waals surface area contributed by atoms with Gasteiger partial charge in [-0.15, -0.1) is 0 Å². The molecule has 120 valence electrons. The Labute approximate surface area is 126 Å². The molecule has 1 N–H and O–H groups in total. The fourth-order valence-corrected chi connectivity index (χ4v) is 3.34. The summed E-state index contributed by atoms with van der Waals surface area (Å²) >= 11 is 0. The van der Waals surface area contributed by atoms with Crippen molar-refractivity contribution in [1.82, 2.24) is 9.62 Å². The molecule has 0 saturated carbocycles. The minimum absolute atomic E-state index is 0.0139. The molecule has 1 fully saturated rings. The van der Waals surface area contributed by atoms with Crippen LogP contribution in [0, 0.1) is 5.92 Å². The Morgan fingerprint density at radius 2 is 2.14 bits per heavy atom. The molecule has 1 aliphatic heterocycles. The summed E-state index contributed by atoms with van der Waals surface area (Å²) in [5.41, 5.74) is 0. The molecule has 7 heteroatoms. The highest BCUT2D eigenvalue weighted by Crippen LogP contribution is 2.23. The maximum atomic E-state index is 11.9. The number of nitrogens with zero attached hydrogens (tertiary/aromatic N) is 1. The van der Waals surface area contributed by atoms with Gasteiger partial charge in [-0.1, -0.05) is 6.92 Å². The Morgan fingerprint density at radius 3 is 2.81 bits per heavy atom. The number of ether oxygens (including phenoxy) is 1. The molecule has 2 heterocycles. The monoisotopic (exact) mass is 316 g/mol. The summed E-state index contributed by atoms with van der Waals surface area (Å²) in [4.78, 5) is 0. The lowest BCUT2D eigenvalue weighted by Gasteiger charge is -2.16. The first-order chi connectivity index (χ1) is 9.95. The topological polar surface area (TPSA) is 71.8 Å². The van der Waals surface area contributed by atoms with Crippen LogP contribution in [0.25, 0.3) is 0 Å². The predicted molar refractivity (Wildman–Crippen MR) is 79.4 cm³/mol. The average molecular weight is 316 g/mol. The lowest BCUT2D eigenvalue weighted by atomic mass is 10.00. The molecule has 1 aromatic heterocycles. The minimum atomic E-state index is -3.49. The van der Waals surface area contributed by atoms with Crippen LogP contribution in [0.5, 0.6) is 0 Å². The van der Waals surface area contributed by atoms with E-state index in [9.17, 15) is 8.42 Å². The summed E-state index contributed by atoms with van der Waals surface area (Å²) in [7, 11) is -0.517. The van der Waals surface area contributed by atoms with Crippen LogP contribution in [0.3, 0.4) is 0 Å². The van der Waals surface area contributed by atoms with Crippen LogP contribution in [-0.2, 0) is 21.3 Å². The fourth-order valence-electron chi connectivity index (χ4n) is 2.53. The molecular weight excluding hydrogens is 292 g/mol. The van der Waals surface area contributed by atoms with E-state index in [1.807, 2.05) is 0 Å². The van der Waals surface area contributed by atoms with Crippen LogP contribution < -0.4 is 5.32 Å². The average Bonchev–Trinajstić information content (AvgIpc) is 3.07. The number of rotatable bonds is 7. The highest BCUT2D eigenvalue weighted by Gasteiger charge is 2.26. The third kappa shape index (κ3) is 3.85. The molecule has 0 radical (unpaired) electrons. The van der Waals surface area contributed by atoms with E-state index in [4.69, 9.17) is 9.15 Å². The van der Waals surface area contributed by atoms with Crippen molar-refractivity contribution in [1.29, 1.82) is 0 Å². The minimum Gasteiger partial charge on any atom is -0.447 e. The number of sulfonamides is 1.